The number of rotatable bonds is 5. The Kier molecular flexibility index (Phi) is 6.59. The number of benzene rings is 2. The van der Waals surface area contributed by atoms with Gasteiger partial charge in [-0.25, -0.2) is 13.8 Å². The zero-order valence-corrected chi connectivity index (χ0v) is 21.4. The van der Waals surface area contributed by atoms with Crippen molar-refractivity contribution >= 4 is 23.3 Å². The lowest BCUT2D eigenvalue weighted by Gasteiger charge is -2.41. The third-order valence-corrected chi connectivity index (χ3v) is 8.66. The van der Waals surface area contributed by atoms with E-state index in [-0.39, 0.29) is 17.4 Å². The third kappa shape index (κ3) is 4.94. The maximum atomic E-state index is 13.6. The minimum atomic E-state index is -0.652. The van der Waals surface area contributed by atoms with Crippen LogP contribution in [0, 0.1) is 17.6 Å². The molecule has 0 saturated carbocycles. The summed E-state index contributed by atoms with van der Waals surface area (Å²) in [5.41, 5.74) is 3.03. The molecular formula is C28H31ClF2N4O2. The van der Waals surface area contributed by atoms with Crippen LogP contribution in [0.1, 0.15) is 31.2 Å². The number of hydrogen-bond acceptors (Lipinski definition) is 6. The lowest BCUT2D eigenvalue weighted by Crippen LogP contribution is -2.48. The molecule has 196 valence electrons. The molecule has 1 unspecified atom stereocenters. The molecule has 2 aromatic carbocycles. The highest BCUT2D eigenvalue weighted by Crippen LogP contribution is 2.45. The lowest BCUT2D eigenvalue weighted by molar-refractivity contribution is 0.0385. The highest BCUT2D eigenvalue weighted by Gasteiger charge is 2.42. The van der Waals surface area contributed by atoms with E-state index in [4.69, 9.17) is 16.0 Å². The van der Waals surface area contributed by atoms with Crippen molar-refractivity contribution in [1.82, 2.24) is 9.88 Å². The molecule has 0 amide bonds. The molecule has 0 radical (unpaired) electrons. The van der Waals surface area contributed by atoms with E-state index < -0.39 is 11.6 Å². The third-order valence-electron chi connectivity index (χ3n) is 8.42. The van der Waals surface area contributed by atoms with E-state index in [1.165, 1.54) is 23.9 Å². The van der Waals surface area contributed by atoms with Gasteiger partial charge in [0.15, 0.2) is 5.76 Å². The van der Waals surface area contributed by atoms with Crippen molar-refractivity contribution < 1.29 is 18.3 Å². The molecule has 2 saturated heterocycles. The number of β-amino-alcohol motifs (C(OH)–C–C–N with tert-alkyl or cyclic N) is 1. The quantitative estimate of drug-likeness (QED) is 0.468. The maximum Gasteiger partial charge on any atom is 0.297 e. The second kappa shape index (κ2) is 9.89. The monoisotopic (exact) mass is 528 g/mol. The molecule has 37 heavy (non-hydrogen) atoms. The molecule has 6 rings (SSSR count). The van der Waals surface area contributed by atoms with Gasteiger partial charge in [-0.3, -0.25) is 0 Å². The van der Waals surface area contributed by atoms with Gasteiger partial charge in [0, 0.05) is 53.9 Å². The molecule has 1 spiro atoms. The molecule has 0 aliphatic carbocycles. The van der Waals surface area contributed by atoms with Gasteiger partial charge in [0.2, 0.25) is 0 Å². The van der Waals surface area contributed by atoms with Crippen molar-refractivity contribution in [3.63, 3.8) is 0 Å². The Labute approximate surface area is 220 Å². The van der Waals surface area contributed by atoms with Crippen molar-refractivity contribution in [2.75, 3.05) is 49.5 Å². The average Bonchev–Trinajstić information content (AvgIpc) is 3.51. The van der Waals surface area contributed by atoms with Crippen LogP contribution >= 0.6 is 11.6 Å². The van der Waals surface area contributed by atoms with Gasteiger partial charge in [-0.15, -0.1) is 0 Å². The van der Waals surface area contributed by atoms with Crippen molar-refractivity contribution in [3.8, 4) is 11.3 Å². The molecule has 3 aromatic rings. The summed E-state index contributed by atoms with van der Waals surface area (Å²) < 4.78 is 32.9. The predicted octanol–water partition coefficient (Wildman–Crippen LogP) is 5.31. The number of nitrogens with zero attached hydrogens (tertiary/aromatic N) is 3. The number of piperidine rings is 2. The number of likely N-dealkylation sites (tertiary alicyclic amines) is 1. The number of aromatic nitrogens is 1. The Bertz CT molecular complexity index is 1250. The number of aliphatic hydroxyl groups excluding tert-OH is 1. The number of halogens is 3. The molecule has 0 bridgehead atoms. The minimum Gasteiger partial charge on any atom is -0.423 e. The molecule has 1 atom stereocenters. The first-order chi connectivity index (χ1) is 17.9. The zero-order chi connectivity index (χ0) is 25.6. The van der Waals surface area contributed by atoms with Crippen LogP contribution in [-0.4, -0.2) is 60.4 Å². The number of nitrogens with one attached hydrogen (secondary N) is 1. The number of anilines is 2. The van der Waals surface area contributed by atoms with Gasteiger partial charge in [0.1, 0.15) is 11.6 Å². The van der Waals surface area contributed by atoms with Crippen LogP contribution in [0.2, 0.25) is 5.02 Å². The Hall–Kier alpha value is -2.68. The van der Waals surface area contributed by atoms with Crippen LogP contribution in [0.5, 0.6) is 0 Å². The summed E-state index contributed by atoms with van der Waals surface area (Å²) in [6.45, 7) is 5.02. The highest BCUT2D eigenvalue weighted by molar-refractivity contribution is 6.30. The van der Waals surface area contributed by atoms with Crippen LogP contribution in [0.4, 0.5) is 20.5 Å². The number of fused-ring (bicyclic) bond motifs is 2. The molecule has 2 N–H and O–H groups in total. The molecule has 1 aromatic heterocycles. The summed E-state index contributed by atoms with van der Waals surface area (Å²) in [5.74, 6) is -0.751. The van der Waals surface area contributed by atoms with Crippen LogP contribution in [-0.2, 0) is 5.41 Å². The highest BCUT2D eigenvalue weighted by atomic mass is 35.5. The first kappa shape index (κ1) is 24.6. The maximum absolute atomic E-state index is 13.6. The lowest BCUT2D eigenvalue weighted by atomic mass is 9.74. The summed E-state index contributed by atoms with van der Waals surface area (Å²) in [5, 5.41) is 15.3. The Morgan fingerprint density at radius 3 is 2.54 bits per heavy atom. The molecular weight excluding hydrogens is 498 g/mol. The topological polar surface area (TPSA) is 64.8 Å². The minimum absolute atomic E-state index is 0.166. The smallest absolute Gasteiger partial charge is 0.297 e. The Morgan fingerprint density at radius 2 is 1.81 bits per heavy atom. The van der Waals surface area contributed by atoms with Gasteiger partial charge < -0.3 is 24.6 Å². The first-order valence-corrected chi connectivity index (χ1v) is 13.4. The standard InChI is InChI=1S/C28H31ClF2N4O2/c29-20-1-2-23-24(13-20)33-17-28(23)5-9-34(10-6-28)16-25(36)18-3-7-35(8-4-18)27-32-15-26(37-27)19-11-21(30)14-22(31)12-19/h1-2,11-15,18,25,33,36H,3-10,16-17H2. The van der Waals surface area contributed by atoms with E-state index in [0.717, 1.165) is 62.1 Å². The van der Waals surface area contributed by atoms with Gasteiger partial charge >= 0.3 is 0 Å². The normalized spacial score (nSPS) is 20.7. The first-order valence-electron chi connectivity index (χ1n) is 13.0. The Balaban J connectivity index is 1.00. The van der Waals surface area contributed by atoms with E-state index >= 15 is 0 Å². The van der Waals surface area contributed by atoms with E-state index in [1.807, 2.05) is 17.0 Å². The van der Waals surface area contributed by atoms with Crippen LogP contribution in [0.3, 0.4) is 0 Å². The number of oxazole rings is 1. The molecule has 2 fully saturated rings. The molecule has 6 nitrogen and oxygen atoms in total. The van der Waals surface area contributed by atoms with Gasteiger partial charge in [-0.05, 0) is 74.5 Å². The van der Waals surface area contributed by atoms with E-state index in [0.29, 0.717) is 37.0 Å². The zero-order valence-electron chi connectivity index (χ0n) is 20.6. The fourth-order valence-corrected chi connectivity index (χ4v) is 6.40. The van der Waals surface area contributed by atoms with Gasteiger partial charge in [0.05, 0.1) is 12.3 Å². The van der Waals surface area contributed by atoms with Crippen molar-refractivity contribution in [2.24, 2.45) is 5.92 Å². The molecule has 9 heteroatoms. The van der Waals surface area contributed by atoms with E-state index in [2.05, 4.69) is 21.3 Å². The summed E-state index contributed by atoms with van der Waals surface area (Å²) in [4.78, 5) is 8.75. The molecule has 3 aliphatic rings. The SMILES string of the molecule is OC(CN1CCC2(CC1)CNc1cc(Cl)ccc12)C1CCN(c2ncc(-c3cc(F)cc(F)c3)o2)CC1. The fraction of sp³-hybridized carbons (Fsp3) is 0.464. The average molecular weight is 529 g/mol. The van der Waals surface area contributed by atoms with E-state index in [1.54, 1.807) is 0 Å². The molecule has 4 heterocycles. The van der Waals surface area contributed by atoms with Gasteiger partial charge in [0.25, 0.3) is 6.01 Å². The van der Waals surface area contributed by atoms with E-state index in [9.17, 15) is 13.9 Å². The van der Waals surface area contributed by atoms with Crippen molar-refractivity contribution in [2.45, 2.75) is 37.2 Å². The molecule has 3 aliphatic heterocycles. The summed E-state index contributed by atoms with van der Waals surface area (Å²) in [6, 6.07) is 9.92. The van der Waals surface area contributed by atoms with Gasteiger partial charge in [-0.1, -0.05) is 17.7 Å². The number of aliphatic hydroxyl groups is 1. The Morgan fingerprint density at radius 1 is 1.08 bits per heavy atom. The van der Waals surface area contributed by atoms with Crippen LogP contribution < -0.4 is 10.2 Å². The van der Waals surface area contributed by atoms with Crippen LogP contribution in [0.25, 0.3) is 11.3 Å². The van der Waals surface area contributed by atoms with Crippen LogP contribution in [0.15, 0.2) is 47.0 Å². The van der Waals surface area contributed by atoms with Gasteiger partial charge in [-0.2, -0.15) is 0 Å². The van der Waals surface area contributed by atoms with Crippen molar-refractivity contribution in [1.29, 1.82) is 0 Å². The summed E-state index contributed by atoms with van der Waals surface area (Å²) in [7, 11) is 0. The largest absolute Gasteiger partial charge is 0.423 e. The van der Waals surface area contributed by atoms with Crippen molar-refractivity contribution in [3.05, 3.63) is 64.8 Å². The second-order valence-corrected chi connectivity index (χ2v) is 11.1. The second-order valence-electron chi connectivity index (χ2n) is 10.7. The summed E-state index contributed by atoms with van der Waals surface area (Å²) in [6.07, 6.45) is 4.94. The fourth-order valence-electron chi connectivity index (χ4n) is 6.22. The number of hydrogen-bond donors (Lipinski definition) is 2. The predicted molar refractivity (Wildman–Crippen MR) is 140 cm³/mol. The summed E-state index contributed by atoms with van der Waals surface area (Å²) >= 11 is 6.17.